The number of benzene rings is 3. The number of H-pyrrole nitrogens is 1. The summed E-state index contributed by atoms with van der Waals surface area (Å²) >= 11 is 8.46. The van der Waals surface area contributed by atoms with E-state index < -0.39 is 96.3 Å². The zero-order valence-corrected chi connectivity index (χ0v) is 51.5. The molecule has 3 aliphatic rings. The predicted octanol–water partition coefficient (Wildman–Crippen LogP) is 4.63. The second kappa shape index (κ2) is 28.1. The number of ether oxygens (including phenoxy) is 1. The molecule has 5 heterocycles. The van der Waals surface area contributed by atoms with Crippen LogP contribution in [0.5, 0.6) is 5.75 Å². The van der Waals surface area contributed by atoms with Crippen molar-refractivity contribution >= 4 is 94.2 Å². The van der Waals surface area contributed by atoms with Crippen molar-refractivity contribution < 1.29 is 67.3 Å². The van der Waals surface area contributed by atoms with E-state index in [0.29, 0.717) is 43.2 Å². The Hall–Kier alpha value is -7.54. The molecule has 8 amide bonds. The number of halogens is 1. The zero-order chi connectivity index (χ0) is 63.1. The number of primary amides is 1. The van der Waals surface area contributed by atoms with Crippen molar-refractivity contribution in [3.05, 3.63) is 105 Å². The highest BCUT2D eigenvalue weighted by molar-refractivity contribution is 7.70. The fraction of sp³-hybridized carbons (Fsp3) is 0.467. The smallest absolute Gasteiger partial charge is 0.396 e. The zero-order valence-electron chi connectivity index (χ0n) is 49.0. The summed E-state index contributed by atoms with van der Waals surface area (Å²) in [5.74, 6) is -3.86. The molecular weight excluding hydrogens is 1180 g/mol. The summed E-state index contributed by atoms with van der Waals surface area (Å²) in [6.07, 6.45) is 1.52. The fourth-order valence-electron chi connectivity index (χ4n) is 11.3. The molecule has 0 spiro atoms. The van der Waals surface area contributed by atoms with Gasteiger partial charge >= 0.3 is 7.60 Å². The van der Waals surface area contributed by atoms with Crippen LogP contribution in [0.4, 0.5) is 0 Å². The molecule has 7 atom stereocenters. The molecule has 10 N–H and O–H groups in total. The third kappa shape index (κ3) is 16.4. The van der Waals surface area contributed by atoms with Crippen LogP contribution >= 0.6 is 30.5 Å². The SMILES string of the molecule is CC(=O)N1CC[C@@H]2CC[C@H](C(=O)N[C@@H](CCC(N)=O)COc3cccc(CCCCC(=O)N[C@H](C(=O)N4C[C@H](O)C[C@H]4C(=O)NCc4ccc(-c5scnc5C)cc4)C(C)(C)C)c3Cl)N2C(=O)[C@H](NC(=O)c2cc3cc(C(=O)P(=O)(O)O)ccc3[nH]2)C1. The highest BCUT2D eigenvalue weighted by Gasteiger charge is 2.47. The van der Waals surface area contributed by atoms with E-state index in [4.69, 9.17) is 22.1 Å². The Labute approximate surface area is 511 Å². The van der Waals surface area contributed by atoms with Gasteiger partial charge < -0.3 is 66.3 Å². The lowest BCUT2D eigenvalue weighted by Crippen LogP contribution is -2.61. The maximum Gasteiger partial charge on any atom is 0.396 e. The van der Waals surface area contributed by atoms with Gasteiger partial charge in [-0.25, -0.2) is 4.98 Å². The number of fused-ring (bicyclic) bond motifs is 2. The molecule has 2 aromatic heterocycles. The van der Waals surface area contributed by atoms with Gasteiger partial charge in [0.05, 0.1) is 33.3 Å². The minimum Gasteiger partial charge on any atom is -0.490 e. The van der Waals surface area contributed by atoms with Gasteiger partial charge in [-0.2, -0.15) is 0 Å². The van der Waals surface area contributed by atoms with Crippen LogP contribution in [-0.2, 0) is 51.1 Å². The Morgan fingerprint density at radius 1 is 0.931 bits per heavy atom. The summed E-state index contributed by atoms with van der Waals surface area (Å²) in [5.41, 5.74) is 8.74. The number of aliphatic hydroxyl groups is 1. The lowest BCUT2D eigenvalue weighted by Gasteiger charge is -2.38. The van der Waals surface area contributed by atoms with E-state index in [1.807, 2.05) is 58.0 Å². The quantitative estimate of drug-likeness (QED) is 0.0318. The van der Waals surface area contributed by atoms with Crippen molar-refractivity contribution in [1.29, 1.82) is 0 Å². The molecule has 0 radical (unpaired) electrons. The molecule has 27 heteroatoms. The van der Waals surface area contributed by atoms with Crippen LogP contribution in [0.3, 0.4) is 0 Å². The number of likely N-dealkylation sites (tertiary alicyclic amines) is 1. The first kappa shape index (κ1) is 65.4. The van der Waals surface area contributed by atoms with Crippen LogP contribution < -0.4 is 31.7 Å². The van der Waals surface area contributed by atoms with Crippen LogP contribution in [0.1, 0.15) is 123 Å². The summed E-state index contributed by atoms with van der Waals surface area (Å²) in [6.45, 7) is 8.74. The number of carbonyl (C=O) groups is 9. The molecule has 3 aliphatic heterocycles. The second-order valence-corrected chi connectivity index (χ2v) is 26.2. The summed E-state index contributed by atoms with van der Waals surface area (Å²) < 4.78 is 17.8. The standard InChI is InChI=1S/C60H74ClN10O14PS/c1-33-52(87-32-64-33)37-15-13-35(14-16-37)28-63-55(77)47-27-42(73)29-70(47)58(80)53(60(3,4)5)68-50(75)12-7-6-9-36-10-8-11-48(51(36)61)85-31-40(18-22-49(62)74)65-56(78)46-21-19-41-23-24-69(34(2)72)30-45(57(79)71(41)46)67-54(76)44-26-39-25-38(17-20-43(39)66-44)59(81)86(82,83)84/h8,10-11,13-17,20,25-26,32,40-42,45-47,53,66,73H,6-7,9,12,18-19,21-24,27-31H2,1-5H3,(H2,62,74)(H,63,77)(H,65,78)(H,67,76)(H,68,75)(H2,82,83,84)/t40-,41-,42+,45+,46+,47-,53+/m0/s1. The minimum absolute atomic E-state index is 0.0513. The number of thiazole rings is 1. The summed E-state index contributed by atoms with van der Waals surface area (Å²) in [4.78, 5) is 153. The molecule has 87 heavy (non-hydrogen) atoms. The van der Waals surface area contributed by atoms with Crippen molar-refractivity contribution in [3.63, 3.8) is 0 Å². The van der Waals surface area contributed by atoms with E-state index in [1.54, 1.807) is 29.0 Å². The van der Waals surface area contributed by atoms with E-state index >= 15 is 0 Å². The van der Waals surface area contributed by atoms with Crippen molar-refractivity contribution in [2.75, 3.05) is 26.2 Å². The van der Waals surface area contributed by atoms with Crippen molar-refractivity contribution in [1.82, 2.24) is 45.9 Å². The molecule has 3 fully saturated rings. The number of hydrogen-bond donors (Lipinski definition) is 9. The van der Waals surface area contributed by atoms with E-state index in [9.17, 15) is 62.6 Å². The average Bonchev–Trinajstić information content (AvgIpc) is 1.92. The summed E-state index contributed by atoms with van der Waals surface area (Å²) in [6, 6.07) is 12.6. The van der Waals surface area contributed by atoms with Gasteiger partial charge in [0.2, 0.25) is 41.4 Å². The summed E-state index contributed by atoms with van der Waals surface area (Å²) in [7, 11) is -5.09. The Balaban J connectivity index is 0.848. The van der Waals surface area contributed by atoms with Gasteiger partial charge in [0.15, 0.2) is 0 Å². The van der Waals surface area contributed by atoms with Crippen molar-refractivity contribution in [2.45, 2.75) is 148 Å². The first-order valence-electron chi connectivity index (χ1n) is 28.8. The van der Waals surface area contributed by atoms with Crippen LogP contribution in [0.25, 0.3) is 21.3 Å². The highest BCUT2D eigenvalue weighted by atomic mass is 35.5. The number of rotatable bonds is 23. The van der Waals surface area contributed by atoms with Gasteiger partial charge in [0.25, 0.3) is 11.4 Å². The minimum atomic E-state index is -5.09. The Morgan fingerprint density at radius 2 is 1.68 bits per heavy atom. The van der Waals surface area contributed by atoms with Crippen molar-refractivity contribution in [2.24, 2.45) is 11.1 Å². The number of aromatic nitrogens is 2. The highest BCUT2D eigenvalue weighted by Crippen LogP contribution is 2.40. The Morgan fingerprint density at radius 3 is 2.36 bits per heavy atom. The van der Waals surface area contributed by atoms with Gasteiger partial charge in [0, 0.05) is 74.9 Å². The van der Waals surface area contributed by atoms with E-state index in [2.05, 4.69) is 31.2 Å². The van der Waals surface area contributed by atoms with Gasteiger partial charge in [0.1, 0.15) is 42.2 Å². The number of aliphatic hydroxyl groups excluding tert-OH is 1. The maximum atomic E-state index is 14.6. The molecule has 0 bridgehead atoms. The lowest BCUT2D eigenvalue weighted by atomic mass is 9.85. The number of aromatic amines is 1. The van der Waals surface area contributed by atoms with Gasteiger partial charge in [-0.1, -0.05) is 68.8 Å². The number of hydrogen-bond acceptors (Lipinski definition) is 14. The molecule has 5 aromatic rings. The number of unbranched alkanes of at least 4 members (excludes halogenated alkanes) is 1. The molecule has 24 nitrogen and oxygen atoms in total. The number of nitrogens with zero attached hydrogens (tertiary/aromatic N) is 4. The monoisotopic (exact) mass is 1260 g/mol. The summed E-state index contributed by atoms with van der Waals surface area (Å²) in [5, 5.41) is 22.7. The molecule has 0 saturated carbocycles. The second-order valence-electron chi connectivity index (χ2n) is 23.5. The Bertz CT molecular complexity index is 3470. The normalized spacial score (nSPS) is 19.6. The van der Waals surface area contributed by atoms with Crippen LogP contribution in [0.15, 0.2) is 72.2 Å². The topological polar surface area (TPSA) is 353 Å². The molecule has 8 rings (SSSR count). The first-order valence-corrected chi connectivity index (χ1v) is 31.7. The molecule has 0 aliphatic carbocycles. The number of nitrogens with one attached hydrogen (secondary N) is 5. The average molecular weight is 1260 g/mol. The number of amides is 8. The first-order chi connectivity index (χ1) is 41.2. The fourth-order valence-corrected chi connectivity index (χ4v) is 12.9. The molecule has 0 unspecified atom stereocenters. The van der Waals surface area contributed by atoms with Gasteiger partial charge in [-0.15, -0.1) is 11.3 Å². The maximum absolute atomic E-state index is 14.6. The van der Waals surface area contributed by atoms with Crippen LogP contribution in [0, 0.1) is 12.3 Å². The molecular formula is C60H74ClN10O14PS. The van der Waals surface area contributed by atoms with Gasteiger partial charge in [-0.05, 0) is 104 Å². The van der Waals surface area contributed by atoms with Crippen molar-refractivity contribution in [3.8, 4) is 16.2 Å². The lowest BCUT2D eigenvalue weighted by molar-refractivity contribution is -0.145. The van der Waals surface area contributed by atoms with Gasteiger partial charge in [-0.3, -0.25) is 47.7 Å². The van der Waals surface area contributed by atoms with Crippen LogP contribution in [-0.4, -0.2) is 161 Å². The Kier molecular flexibility index (Phi) is 21.1. The number of nitrogens with two attached hydrogens (primary N) is 1. The third-order valence-corrected chi connectivity index (χ3v) is 18.2. The number of carbonyl (C=O) groups excluding carboxylic acids is 9. The molecule has 3 saturated heterocycles. The molecule has 3 aromatic carbocycles. The third-order valence-electron chi connectivity index (χ3n) is 16.0. The number of β-amino-alcohol motifs (C(OH)–C–C–N with tert-alkyl or cyclic N) is 1. The predicted molar refractivity (Wildman–Crippen MR) is 323 cm³/mol. The van der Waals surface area contributed by atoms with Crippen LogP contribution in [0.2, 0.25) is 5.02 Å². The largest absolute Gasteiger partial charge is 0.490 e. The number of aryl methyl sites for hydroxylation is 2. The van der Waals surface area contributed by atoms with E-state index in [0.717, 1.165) is 21.7 Å². The molecule has 466 valence electrons. The van der Waals surface area contributed by atoms with E-state index in [1.165, 1.54) is 45.9 Å². The van der Waals surface area contributed by atoms with E-state index in [-0.39, 0.29) is 104 Å².